The second-order valence-electron chi connectivity index (χ2n) is 7.70. The van der Waals surface area contributed by atoms with Crippen molar-refractivity contribution in [3.63, 3.8) is 0 Å². The number of carbonyl (C=O) groups is 1. The number of fused-ring (bicyclic) bond motifs is 3. The van der Waals surface area contributed by atoms with E-state index < -0.39 is 12.1 Å². The molecular formula is C23H24NO4-. The summed E-state index contributed by atoms with van der Waals surface area (Å²) in [7, 11) is 0. The molecule has 1 fully saturated rings. The number of nitrogens with zero attached hydrogens (tertiary/aromatic N) is 1. The van der Waals surface area contributed by atoms with E-state index in [0.29, 0.717) is 19.4 Å². The molecule has 2 aromatic rings. The van der Waals surface area contributed by atoms with Crippen LogP contribution in [-0.4, -0.2) is 30.3 Å². The number of hydrogen-bond donors (Lipinski definition) is 1. The van der Waals surface area contributed by atoms with Gasteiger partial charge in [-0.1, -0.05) is 48.5 Å². The molecule has 0 aromatic heterocycles. The van der Waals surface area contributed by atoms with Gasteiger partial charge in [0.1, 0.15) is 6.08 Å². The largest absolute Gasteiger partial charge is 0.599 e. The maximum absolute atomic E-state index is 12.2. The average molecular weight is 378 g/mol. The van der Waals surface area contributed by atoms with Crippen LogP contribution < -0.4 is 5.11 Å². The first kappa shape index (κ1) is 18.5. The Morgan fingerprint density at radius 2 is 1.57 bits per heavy atom. The van der Waals surface area contributed by atoms with Gasteiger partial charge in [-0.05, 0) is 53.9 Å². The SMILES string of the molecule is O=C(O)C1CCC(CN=C([O-])OCC2c3ccccc3-c3ccccc32)CC1. The lowest BCUT2D eigenvalue weighted by molar-refractivity contribution is -0.251. The van der Waals surface area contributed by atoms with Crippen molar-refractivity contribution in [3.05, 3.63) is 59.7 Å². The molecular weight excluding hydrogens is 354 g/mol. The van der Waals surface area contributed by atoms with Crippen LogP contribution >= 0.6 is 0 Å². The van der Waals surface area contributed by atoms with E-state index in [2.05, 4.69) is 29.3 Å². The molecule has 0 atom stereocenters. The summed E-state index contributed by atoms with van der Waals surface area (Å²) in [5, 5.41) is 21.2. The molecule has 5 nitrogen and oxygen atoms in total. The fourth-order valence-electron chi connectivity index (χ4n) is 4.44. The maximum Gasteiger partial charge on any atom is 0.306 e. The number of carboxylic acid groups (broad SMARTS) is 1. The van der Waals surface area contributed by atoms with Crippen molar-refractivity contribution in [2.45, 2.75) is 31.6 Å². The molecule has 1 saturated carbocycles. The molecule has 2 aromatic carbocycles. The number of carboxylic acids is 1. The highest BCUT2D eigenvalue weighted by atomic mass is 16.6. The first-order valence-electron chi connectivity index (χ1n) is 9.88. The summed E-state index contributed by atoms with van der Waals surface area (Å²) in [6.07, 6.45) is 2.41. The number of ether oxygens (including phenoxy) is 1. The second kappa shape index (κ2) is 8.05. The topological polar surface area (TPSA) is 82.0 Å². The molecule has 0 spiro atoms. The zero-order valence-electron chi connectivity index (χ0n) is 15.7. The molecule has 0 radical (unpaired) electrons. The van der Waals surface area contributed by atoms with Crippen molar-refractivity contribution in [3.8, 4) is 11.1 Å². The van der Waals surface area contributed by atoms with E-state index >= 15 is 0 Å². The number of rotatable bonds is 5. The highest BCUT2D eigenvalue weighted by Crippen LogP contribution is 2.44. The fourth-order valence-corrected chi connectivity index (χ4v) is 4.44. The predicted molar refractivity (Wildman–Crippen MR) is 105 cm³/mol. The van der Waals surface area contributed by atoms with Crippen LogP contribution in [0.15, 0.2) is 53.5 Å². The van der Waals surface area contributed by atoms with Crippen LogP contribution in [0.3, 0.4) is 0 Å². The third kappa shape index (κ3) is 3.75. The Kier molecular flexibility index (Phi) is 5.33. The van der Waals surface area contributed by atoms with Gasteiger partial charge in [0.25, 0.3) is 0 Å². The van der Waals surface area contributed by atoms with Crippen molar-refractivity contribution in [1.82, 2.24) is 0 Å². The summed E-state index contributed by atoms with van der Waals surface area (Å²) >= 11 is 0. The zero-order chi connectivity index (χ0) is 19.5. The molecule has 5 heteroatoms. The molecule has 0 bridgehead atoms. The smallest absolute Gasteiger partial charge is 0.306 e. The van der Waals surface area contributed by atoms with E-state index in [9.17, 15) is 9.90 Å². The maximum atomic E-state index is 12.2. The standard InChI is InChI=1S/C23H25NO4/c25-22(26)16-11-9-15(10-12-16)13-24-23(27)28-14-21-19-7-3-1-5-17(19)18-6-2-4-8-20(18)21/h1-8,15-16,21H,9-14H2,(H,24,27)(H,25,26)/p-1. The molecule has 0 unspecified atom stereocenters. The van der Waals surface area contributed by atoms with Crippen molar-refractivity contribution in [1.29, 1.82) is 0 Å². The Balaban J connectivity index is 1.36. The first-order chi connectivity index (χ1) is 13.6. The highest BCUT2D eigenvalue weighted by Gasteiger charge is 2.27. The van der Waals surface area contributed by atoms with E-state index in [1.807, 2.05) is 24.3 Å². The Morgan fingerprint density at radius 1 is 1.00 bits per heavy atom. The summed E-state index contributed by atoms with van der Waals surface area (Å²) in [5.74, 6) is -0.647. The van der Waals surface area contributed by atoms with Crippen molar-refractivity contribution >= 4 is 12.1 Å². The minimum atomic E-state index is -0.716. The summed E-state index contributed by atoms with van der Waals surface area (Å²) in [5.41, 5.74) is 4.77. The van der Waals surface area contributed by atoms with Gasteiger partial charge in [0, 0.05) is 19.1 Å². The monoisotopic (exact) mass is 378 g/mol. The van der Waals surface area contributed by atoms with Crippen molar-refractivity contribution < 1.29 is 19.7 Å². The lowest BCUT2D eigenvalue weighted by atomic mass is 9.82. The van der Waals surface area contributed by atoms with Gasteiger partial charge in [-0.15, -0.1) is 0 Å². The predicted octanol–water partition coefficient (Wildman–Crippen LogP) is 3.42. The number of benzene rings is 2. The minimum absolute atomic E-state index is 0.0394. The lowest BCUT2D eigenvalue weighted by Gasteiger charge is -2.25. The van der Waals surface area contributed by atoms with E-state index in [0.717, 1.165) is 12.8 Å². The summed E-state index contributed by atoms with van der Waals surface area (Å²) in [6, 6.07) is 16.5. The van der Waals surface area contributed by atoms with Gasteiger partial charge in [0.15, 0.2) is 0 Å². The quantitative estimate of drug-likeness (QED) is 0.638. The molecule has 1 N–H and O–H groups in total. The molecule has 0 aliphatic heterocycles. The molecule has 0 saturated heterocycles. The summed E-state index contributed by atoms with van der Waals surface area (Å²) in [6.45, 7) is 0.700. The van der Waals surface area contributed by atoms with Crippen LogP contribution in [0.4, 0.5) is 0 Å². The zero-order valence-corrected chi connectivity index (χ0v) is 15.7. The second-order valence-corrected chi connectivity index (χ2v) is 7.70. The van der Waals surface area contributed by atoms with Crippen molar-refractivity contribution in [2.75, 3.05) is 13.2 Å². The normalized spacial score (nSPS) is 21.8. The van der Waals surface area contributed by atoms with Crippen molar-refractivity contribution in [2.24, 2.45) is 16.8 Å². The summed E-state index contributed by atoms with van der Waals surface area (Å²) in [4.78, 5) is 15.1. The van der Waals surface area contributed by atoms with Gasteiger partial charge in [0.05, 0.1) is 5.92 Å². The fraction of sp³-hybridized carbons (Fsp3) is 0.391. The molecule has 2 aliphatic rings. The lowest BCUT2D eigenvalue weighted by Crippen LogP contribution is -2.27. The van der Waals surface area contributed by atoms with Gasteiger partial charge < -0.3 is 14.9 Å². The van der Waals surface area contributed by atoms with E-state index in [-0.39, 0.29) is 24.4 Å². The number of aliphatic imine (C=N–C) groups is 1. The third-order valence-corrected chi connectivity index (χ3v) is 6.01. The van der Waals surface area contributed by atoms with Crippen LogP contribution in [0.5, 0.6) is 0 Å². The van der Waals surface area contributed by atoms with Crippen LogP contribution in [0, 0.1) is 11.8 Å². The van der Waals surface area contributed by atoms with Crippen LogP contribution in [-0.2, 0) is 9.53 Å². The molecule has 2 aliphatic carbocycles. The Hall–Kier alpha value is -2.82. The van der Waals surface area contributed by atoms with Gasteiger partial charge in [0.2, 0.25) is 0 Å². The molecule has 4 rings (SSSR count). The number of aliphatic carboxylic acids is 1. The Labute approximate surface area is 164 Å². The Morgan fingerprint density at radius 3 is 2.14 bits per heavy atom. The molecule has 0 heterocycles. The number of hydrogen-bond acceptors (Lipinski definition) is 4. The van der Waals surface area contributed by atoms with Crippen LogP contribution in [0.25, 0.3) is 11.1 Å². The van der Waals surface area contributed by atoms with E-state index in [1.165, 1.54) is 22.3 Å². The average Bonchev–Trinajstić information content (AvgIpc) is 3.05. The summed E-state index contributed by atoms with van der Waals surface area (Å²) < 4.78 is 5.49. The highest BCUT2D eigenvalue weighted by molar-refractivity contribution is 5.79. The van der Waals surface area contributed by atoms with Crippen LogP contribution in [0.2, 0.25) is 0 Å². The minimum Gasteiger partial charge on any atom is -0.599 e. The molecule has 28 heavy (non-hydrogen) atoms. The molecule has 146 valence electrons. The van der Waals surface area contributed by atoms with E-state index in [1.54, 1.807) is 0 Å². The van der Waals surface area contributed by atoms with E-state index in [4.69, 9.17) is 9.84 Å². The first-order valence-corrected chi connectivity index (χ1v) is 9.88. The Bertz CT molecular complexity index is 838. The van der Waals surface area contributed by atoms with Crippen LogP contribution in [0.1, 0.15) is 42.7 Å². The third-order valence-electron chi connectivity index (χ3n) is 6.01. The van der Waals surface area contributed by atoms with Gasteiger partial charge in [-0.3, -0.25) is 9.79 Å². The van der Waals surface area contributed by atoms with Gasteiger partial charge >= 0.3 is 5.97 Å². The van der Waals surface area contributed by atoms with Gasteiger partial charge in [-0.25, -0.2) is 0 Å². The van der Waals surface area contributed by atoms with Gasteiger partial charge in [-0.2, -0.15) is 0 Å². The molecule has 0 amide bonds.